The second kappa shape index (κ2) is 8.14. The fourth-order valence-electron chi connectivity index (χ4n) is 1.90. The van der Waals surface area contributed by atoms with Gasteiger partial charge in [-0.25, -0.2) is 0 Å². The van der Waals surface area contributed by atoms with Gasteiger partial charge in [-0.05, 0) is 19.4 Å². The fourth-order valence-corrected chi connectivity index (χ4v) is 1.90. The first-order valence-corrected chi connectivity index (χ1v) is 6.88. The highest BCUT2D eigenvalue weighted by Gasteiger charge is 2.31. The first kappa shape index (κ1) is 18.4. The second-order valence-electron chi connectivity index (χ2n) is 5.12. The summed E-state index contributed by atoms with van der Waals surface area (Å²) in [5.41, 5.74) is 0.819. The zero-order chi connectivity index (χ0) is 16.8. The summed E-state index contributed by atoms with van der Waals surface area (Å²) in [6, 6.07) is 9.00. The molecule has 0 unspecified atom stereocenters. The van der Waals surface area contributed by atoms with Crippen LogP contribution in [0.5, 0.6) is 0 Å². The van der Waals surface area contributed by atoms with Crippen molar-refractivity contribution in [3.05, 3.63) is 35.9 Å². The molecule has 1 aromatic rings. The molecular formula is C15H20F3NO3. The lowest BCUT2D eigenvalue weighted by atomic mass is 10.2. The van der Waals surface area contributed by atoms with Crippen molar-refractivity contribution in [2.45, 2.75) is 38.8 Å². The van der Waals surface area contributed by atoms with Gasteiger partial charge in [0, 0.05) is 13.1 Å². The Morgan fingerprint density at radius 3 is 2.36 bits per heavy atom. The molecule has 1 amide bonds. The van der Waals surface area contributed by atoms with E-state index in [1.54, 1.807) is 24.3 Å². The molecule has 1 rings (SSSR count). The van der Waals surface area contributed by atoms with Crippen molar-refractivity contribution in [2.24, 2.45) is 0 Å². The molecule has 0 aliphatic rings. The molecular weight excluding hydrogens is 299 g/mol. The number of hydrogen-bond acceptors (Lipinski definition) is 3. The molecule has 0 spiro atoms. The molecule has 2 atom stereocenters. The average molecular weight is 319 g/mol. The molecule has 124 valence electrons. The minimum atomic E-state index is -4.48. The lowest BCUT2D eigenvalue weighted by Gasteiger charge is -2.27. The van der Waals surface area contributed by atoms with E-state index in [0.29, 0.717) is 0 Å². The van der Waals surface area contributed by atoms with Crippen LogP contribution in [0.25, 0.3) is 0 Å². The lowest BCUT2D eigenvalue weighted by Crippen LogP contribution is -2.43. The largest absolute Gasteiger partial charge is 0.411 e. The van der Waals surface area contributed by atoms with Crippen molar-refractivity contribution < 1.29 is 27.8 Å². The molecule has 1 N–H and O–H groups in total. The Morgan fingerprint density at radius 2 is 1.86 bits per heavy atom. The minimum Gasteiger partial charge on any atom is -0.392 e. The van der Waals surface area contributed by atoms with Crippen LogP contribution in [0.3, 0.4) is 0 Å². The third kappa shape index (κ3) is 6.91. The van der Waals surface area contributed by atoms with Gasteiger partial charge >= 0.3 is 6.18 Å². The number of nitrogens with zero attached hydrogens (tertiary/aromatic N) is 1. The number of rotatable bonds is 7. The number of aliphatic hydroxyl groups is 1. The predicted molar refractivity (Wildman–Crippen MR) is 75.0 cm³/mol. The zero-order valence-corrected chi connectivity index (χ0v) is 12.5. The Bertz CT molecular complexity index is 463. The first-order valence-electron chi connectivity index (χ1n) is 6.88. The van der Waals surface area contributed by atoms with E-state index in [1.807, 2.05) is 6.07 Å². The maximum atomic E-state index is 12.2. The number of alkyl halides is 3. The molecule has 7 heteroatoms. The molecule has 0 heterocycles. The van der Waals surface area contributed by atoms with Gasteiger partial charge in [-0.2, -0.15) is 13.2 Å². The molecule has 0 radical (unpaired) electrons. The van der Waals surface area contributed by atoms with E-state index in [2.05, 4.69) is 4.74 Å². The quantitative estimate of drug-likeness (QED) is 0.839. The van der Waals surface area contributed by atoms with Gasteiger partial charge in [0.15, 0.2) is 0 Å². The first-order chi connectivity index (χ1) is 10.2. The molecule has 22 heavy (non-hydrogen) atoms. The number of carbonyl (C=O) groups is 1. The average Bonchev–Trinajstić information content (AvgIpc) is 2.43. The molecule has 1 aromatic carbocycles. The smallest absolute Gasteiger partial charge is 0.392 e. The van der Waals surface area contributed by atoms with Gasteiger partial charge in [-0.3, -0.25) is 4.79 Å². The molecule has 0 aliphatic heterocycles. The number of hydrogen-bond donors (Lipinski definition) is 1. The highest BCUT2D eigenvalue weighted by Crippen LogP contribution is 2.16. The SMILES string of the molecule is C[C@H](OCC(F)(F)F)C(=O)N(Cc1ccccc1)C[C@@H](C)O. The second-order valence-corrected chi connectivity index (χ2v) is 5.12. The van der Waals surface area contributed by atoms with E-state index in [1.165, 1.54) is 18.7 Å². The summed E-state index contributed by atoms with van der Waals surface area (Å²) in [6.45, 7) is 1.52. The minimum absolute atomic E-state index is 0.0213. The Hall–Kier alpha value is -1.60. The summed E-state index contributed by atoms with van der Waals surface area (Å²) >= 11 is 0. The highest BCUT2D eigenvalue weighted by atomic mass is 19.4. The molecule has 0 aliphatic carbocycles. The number of carbonyl (C=O) groups excluding carboxylic acids is 1. The zero-order valence-electron chi connectivity index (χ0n) is 12.5. The maximum Gasteiger partial charge on any atom is 0.411 e. The van der Waals surface area contributed by atoms with Gasteiger partial charge < -0.3 is 14.7 Å². The normalized spacial score (nSPS) is 14.5. The summed E-state index contributed by atoms with van der Waals surface area (Å²) in [5.74, 6) is -0.589. The third-order valence-electron chi connectivity index (χ3n) is 2.86. The van der Waals surface area contributed by atoms with E-state index < -0.39 is 30.9 Å². The summed E-state index contributed by atoms with van der Waals surface area (Å²) in [5, 5.41) is 9.48. The summed E-state index contributed by atoms with van der Waals surface area (Å²) < 4.78 is 41.0. The van der Waals surface area contributed by atoms with Gasteiger partial charge in [0.2, 0.25) is 0 Å². The van der Waals surface area contributed by atoms with Crippen LogP contribution >= 0.6 is 0 Å². The van der Waals surface area contributed by atoms with Crippen LogP contribution in [0.2, 0.25) is 0 Å². The summed E-state index contributed by atoms with van der Waals surface area (Å²) in [6.07, 6.45) is -6.50. The number of ether oxygens (including phenoxy) is 1. The number of amides is 1. The Labute approximate surface area is 127 Å². The molecule has 0 saturated carbocycles. The van der Waals surface area contributed by atoms with Gasteiger partial charge in [-0.1, -0.05) is 30.3 Å². The van der Waals surface area contributed by atoms with Crippen molar-refractivity contribution in [1.29, 1.82) is 0 Å². The van der Waals surface area contributed by atoms with Crippen LogP contribution in [0.1, 0.15) is 19.4 Å². The van der Waals surface area contributed by atoms with E-state index >= 15 is 0 Å². The van der Waals surface area contributed by atoms with Crippen molar-refractivity contribution in [2.75, 3.05) is 13.2 Å². The lowest BCUT2D eigenvalue weighted by molar-refractivity contribution is -0.189. The van der Waals surface area contributed by atoms with Crippen molar-refractivity contribution in [1.82, 2.24) is 4.90 Å². The predicted octanol–water partition coefficient (Wildman–Crippen LogP) is 2.36. The summed E-state index contributed by atoms with van der Waals surface area (Å²) in [4.78, 5) is 13.5. The topological polar surface area (TPSA) is 49.8 Å². The van der Waals surface area contributed by atoms with Crippen LogP contribution in [-0.2, 0) is 16.1 Å². The Morgan fingerprint density at radius 1 is 1.27 bits per heavy atom. The number of halogens is 3. The van der Waals surface area contributed by atoms with E-state index in [9.17, 15) is 23.1 Å². The Kier molecular flexibility index (Phi) is 6.83. The van der Waals surface area contributed by atoms with E-state index in [4.69, 9.17) is 0 Å². The van der Waals surface area contributed by atoms with Crippen LogP contribution in [0, 0.1) is 0 Å². The standard InChI is InChI=1S/C15H20F3NO3/c1-11(20)8-19(9-13-6-4-3-5-7-13)14(21)12(2)22-10-15(16,17)18/h3-7,11-12,20H,8-10H2,1-2H3/t11-,12+/m1/s1. The number of benzene rings is 1. The van der Waals surface area contributed by atoms with Crippen molar-refractivity contribution >= 4 is 5.91 Å². The maximum absolute atomic E-state index is 12.2. The molecule has 0 fully saturated rings. The van der Waals surface area contributed by atoms with Gasteiger partial charge in [0.25, 0.3) is 5.91 Å². The van der Waals surface area contributed by atoms with Gasteiger partial charge in [0.05, 0.1) is 6.10 Å². The third-order valence-corrected chi connectivity index (χ3v) is 2.86. The highest BCUT2D eigenvalue weighted by molar-refractivity contribution is 5.80. The van der Waals surface area contributed by atoms with Crippen LogP contribution in [0.15, 0.2) is 30.3 Å². The van der Waals surface area contributed by atoms with Crippen LogP contribution in [-0.4, -0.2) is 47.4 Å². The molecule has 0 aromatic heterocycles. The molecule has 4 nitrogen and oxygen atoms in total. The van der Waals surface area contributed by atoms with Gasteiger partial charge in [0.1, 0.15) is 12.7 Å². The monoisotopic (exact) mass is 319 g/mol. The van der Waals surface area contributed by atoms with Crippen molar-refractivity contribution in [3.63, 3.8) is 0 Å². The number of aliphatic hydroxyl groups excluding tert-OH is 1. The van der Waals surface area contributed by atoms with Crippen molar-refractivity contribution in [3.8, 4) is 0 Å². The molecule has 0 saturated heterocycles. The van der Waals surface area contributed by atoms with Gasteiger partial charge in [-0.15, -0.1) is 0 Å². The Balaban J connectivity index is 2.71. The van der Waals surface area contributed by atoms with Crippen LogP contribution in [0.4, 0.5) is 13.2 Å². The van der Waals surface area contributed by atoms with E-state index in [-0.39, 0.29) is 13.1 Å². The molecule has 0 bridgehead atoms. The van der Waals surface area contributed by atoms with E-state index in [0.717, 1.165) is 5.56 Å². The van der Waals surface area contributed by atoms with Crippen LogP contribution < -0.4 is 0 Å². The fraction of sp³-hybridized carbons (Fsp3) is 0.533. The summed E-state index contributed by atoms with van der Waals surface area (Å²) in [7, 11) is 0.